The van der Waals surface area contributed by atoms with Crippen molar-refractivity contribution in [3.05, 3.63) is 0 Å². The number of amides is 2. The Hall–Kier alpha value is -1.14. The first-order valence-electron chi connectivity index (χ1n) is 12.3. The summed E-state index contributed by atoms with van der Waals surface area (Å²) in [7, 11) is 0. The zero-order chi connectivity index (χ0) is 20.9. The van der Waals surface area contributed by atoms with Crippen molar-refractivity contribution in [3.63, 3.8) is 0 Å². The van der Waals surface area contributed by atoms with E-state index in [0.717, 1.165) is 77.0 Å². The van der Waals surface area contributed by atoms with Crippen molar-refractivity contribution >= 4 is 11.8 Å². The fraction of sp³-hybridized carbons (Fsp3) is 0.917. The number of carbonyl (C=O) groups excluding carboxylic acids is 2. The molecule has 6 aliphatic carbocycles. The fourth-order valence-corrected chi connectivity index (χ4v) is 7.91. The van der Waals surface area contributed by atoms with Gasteiger partial charge < -0.3 is 20.8 Å². The molecule has 0 aromatic rings. The summed E-state index contributed by atoms with van der Waals surface area (Å²) in [5, 5.41) is 26.2. The average Bonchev–Trinajstić information content (AvgIpc) is 2.70. The summed E-state index contributed by atoms with van der Waals surface area (Å²) in [6.45, 7) is 0. The molecule has 0 spiro atoms. The van der Waals surface area contributed by atoms with Gasteiger partial charge in [-0.05, 0) is 102 Å². The van der Waals surface area contributed by atoms with Gasteiger partial charge in [-0.1, -0.05) is 0 Å². The van der Waals surface area contributed by atoms with Crippen LogP contribution in [0.3, 0.4) is 0 Å². The van der Waals surface area contributed by atoms with E-state index in [9.17, 15) is 19.8 Å². The van der Waals surface area contributed by atoms with Gasteiger partial charge in [0.1, 0.15) is 0 Å². The minimum absolute atomic E-state index is 0.173. The lowest BCUT2D eigenvalue weighted by molar-refractivity contribution is -0.168. The smallest absolute Gasteiger partial charge is 0.226 e. The molecule has 0 atom stereocenters. The molecular weight excluding hydrogens is 380 g/mol. The largest absolute Gasteiger partial charge is 0.393 e. The van der Waals surface area contributed by atoms with E-state index in [-0.39, 0.29) is 46.9 Å². The molecule has 6 aliphatic rings. The summed E-state index contributed by atoms with van der Waals surface area (Å²) in [6.07, 6.45) is 11.7. The minimum atomic E-state index is -0.375. The molecule has 6 saturated carbocycles. The quantitative estimate of drug-likeness (QED) is 0.563. The van der Waals surface area contributed by atoms with Crippen LogP contribution in [0.15, 0.2) is 0 Å². The lowest BCUT2D eigenvalue weighted by Crippen LogP contribution is -2.62. The number of aliphatic hydroxyl groups excluding tert-OH is 2. The van der Waals surface area contributed by atoms with Gasteiger partial charge in [0.15, 0.2) is 0 Å². The molecule has 0 unspecified atom stereocenters. The molecule has 4 bridgehead atoms. The van der Waals surface area contributed by atoms with Crippen molar-refractivity contribution in [3.8, 4) is 0 Å². The number of hydrogen-bond donors (Lipinski definition) is 4. The highest BCUT2D eigenvalue weighted by atomic mass is 16.3. The van der Waals surface area contributed by atoms with Crippen LogP contribution in [0.5, 0.6) is 0 Å². The van der Waals surface area contributed by atoms with Crippen molar-refractivity contribution < 1.29 is 19.8 Å². The Balaban J connectivity index is 1.28. The third-order valence-electron chi connectivity index (χ3n) is 9.09. The van der Waals surface area contributed by atoms with Crippen LogP contribution in [-0.2, 0) is 9.59 Å². The van der Waals surface area contributed by atoms with Crippen LogP contribution in [0.2, 0.25) is 0 Å². The SMILES string of the molecule is O=C(NC1CCC(O)CC1)C12CC3CC(C1)CC(C(=O)NC1CCC(O)CC1)(C3)C2. The molecule has 0 aromatic carbocycles. The topological polar surface area (TPSA) is 98.7 Å². The van der Waals surface area contributed by atoms with Crippen molar-refractivity contribution in [2.45, 2.75) is 114 Å². The maximum atomic E-state index is 13.5. The first kappa shape index (κ1) is 20.7. The van der Waals surface area contributed by atoms with Gasteiger partial charge in [0.05, 0.1) is 23.0 Å². The van der Waals surface area contributed by atoms with Gasteiger partial charge in [-0.25, -0.2) is 0 Å². The van der Waals surface area contributed by atoms with Gasteiger partial charge in [0.2, 0.25) is 11.8 Å². The van der Waals surface area contributed by atoms with Crippen LogP contribution in [0.4, 0.5) is 0 Å². The molecule has 30 heavy (non-hydrogen) atoms. The Morgan fingerprint density at radius 2 is 1.00 bits per heavy atom. The predicted octanol–water partition coefficient (Wildman–Crippen LogP) is 2.41. The first-order valence-corrected chi connectivity index (χ1v) is 12.3. The third kappa shape index (κ3) is 3.79. The third-order valence-corrected chi connectivity index (χ3v) is 9.09. The highest BCUT2D eigenvalue weighted by Gasteiger charge is 2.63. The highest BCUT2D eigenvalue weighted by Crippen LogP contribution is 2.65. The fourth-order valence-electron chi connectivity index (χ4n) is 7.91. The Morgan fingerprint density at radius 3 is 1.37 bits per heavy atom. The second kappa shape index (κ2) is 7.77. The molecule has 0 radical (unpaired) electrons. The number of nitrogens with one attached hydrogen (secondary N) is 2. The second-order valence-corrected chi connectivity index (χ2v) is 11.5. The molecule has 2 amide bonds. The second-order valence-electron chi connectivity index (χ2n) is 11.5. The number of aliphatic hydroxyl groups is 2. The van der Waals surface area contributed by atoms with Crippen LogP contribution in [0, 0.1) is 22.7 Å². The number of carbonyl (C=O) groups is 2. The van der Waals surface area contributed by atoms with E-state index in [2.05, 4.69) is 10.6 Å². The molecule has 0 aromatic heterocycles. The number of rotatable bonds is 4. The van der Waals surface area contributed by atoms with E-state index in [1.54, 1.807) is 0 Å². The molecule has 6 nitrogen and oxygen atoms in total. The van der Waals surface area contributed by atoms with Gasteiger partial charge in [-0.3, -0.25) is 9.59 Å². The van der Waals surface area contributed by atoms with Crippen LogP contribution in [0.25, 0.3) is 0 Å². The van der Waals surface area contributed by atoms with Crippen LogP contribution < -0.4 is 10.6 Å². The van der Waals surface area contributed by atoms with Crippen LogP contribution in [0.1, 0.15) is 89.9 Å². The molecule has 6 heteroatoms. The molecular formula is C24H38N2O4. The lowest BCUT2D eigenvalue weighted by Gasteiger charge is -2.60. The Bertz CT molecular complexity index is 611. The van der Waals surface area contributed by atoms with Gasteiger partial charge >= 0.3 is 0 Å². The first-order chi connectivity index (χ1) is 14.4. The van der Waals surface area contributed by atoms with E-state index < -0.39 is 0 Å². The average molecular weight is 419 g/mol. The molecule has 6 fully saturated rings. The molecule has 0 aliphatic heterocycles. The Morgan fingerprint density at radius 1 is 0.633 bits per heavy atom. The van der Waals surface area contributed by atoms with E-state index in [0.29, 0.717) is 18.3 Å². The van der Waals surface area contributed by atoms with E-state index >= 15 is 0 Å². The maximum Gasteiger partial charge on any atom is 0.226 e. The van der Waals surface area contributed by atoms with Crippen molar-refractivity contribution in [1.82, 2.24) is 10.6 Å². The summed E-state index contributed by atoms with van der Waals surface area (Å²) in [4.78, 5) is 27.0. The zero-order valence-corrected chi connectivity index (χ0v) is 18.1. The minimum Gasteiger partial charge on any atom is -0.393 e. The predicted molar refractivity (Wildman–Crippen MR) is 112 cm³/mol. The Kier molecular flexibility index (Phi) is 5.37. The molecule has 168 valence electrons. The molecule has 4 N–H and O–H groups in total. The molecule has 0 heterocycles. The summed E-state index contributed by atoms with van der Waals surface area (Å²) in [5.74, 6) is 1.33. The van der Waals surface area contributed by atoms with Gasteiger partial charge in [0, 0.05) is 12.1 Å². The van der Waals surface area contributed by atoms with Crippen molar-refractivity contribution in [2.24, 2.45) is 22.7 Å². The summed E-state index contributed by atoms with van der Waals surface area (Å²) in [6, 6.07) is 0.347. The van der Waals surface area contributed by atoms with Gasteiger partial charge in [-0.15, -0.1) is 0 Å². The molecule has 6 rings (SSSR count). The van der Waals surface area contributed by atoms with Crippen LogP contribution in [-0.4, -0.2) is 46.3 Å². The summed E-state index contributed by atoms with van der Waals surface area (Å²) < 4.78 is 0. The van der Waals surface area contributed by atoms with E-state index in [1.165, 1.54) is 6.42 Å². The standard InChI is InChI=1S/C24H38N2O4/c27-19-5-1-17(2-6-19)25-21(29)23-10-15-9-16(11-23)13-24(12-15,14-23)22(30)26-18-3-7-20(28)8-4-18/h15-20,27-28H,1-14H2,(H,25,29)(H,26,30). The van der Waals surface area contributed by atoms with Crippen LogP contribution >= 0.6 is 0 Å². The number of hydrogen-bond acceptors (Lipinski definition) is 4. The summed E-state index contributed by atoms with van der Waals surface area (Å²) in [5.41, 5.74) is -0.750. The maximum absolute atomic E-state index is 13.5. The summed E-state index contributed by atoms with van der Waals surface area (Å²) >= 11 is 0. The van der Waals surface area contributed by atoms with Gasteiger partial charge in [0.25, 0.3) is 0 Å². The lowest BCUT2D eigenvalue weighted by atomic mass is 9.43. The monoisotopic (exact) mass is 418 g/mol. The normalized spacial score (nSPS) is 47.7. The van der Waals surface area contributed by atoms with Crippen molar-refractivity contribution in [2.75, 3.05) is 0 Å². The van der Waals surface area contributed by atoms with E-state index in [4.69, 9.17) is 0 Å². The Labute approximate surface area is 179 Å². The van der Waals surface area contributed by atoms with Crippen molar-refractivity contribution in [1.29, 1.82) is 0 Å². The molecule has 0 saturated heterocycles. The highest BCUT2D eigenvalue weighted by molar-refractivity contribution is 5.88. The zero-order valence-electron chi connectivity index (χ0n) is 18.1. The van der Waals surface area contributed by atoms with E-state index in [1.807, 2.05) is 0 Å². The van der Waals surface area contributed by atoms with Gasteiger partial charge in [-0.2, -0.15) is 0 Å².